The summed E-state index contributed by atoms with van der Waals surface area (Å²) in [5, 5.41) is 8.47. The molecular weight excluding hydrogens is 366 g/mol. The van der Waals surface area contributed by atoms with E-state index in [4.69, 9.17) is 4.74 Å². The van der Waals surface area contributed by atoms with Crippen molar-refractivity contribution >= 4 is 17.6 Å². The zero-order valence-corrected chi connectivity index (χ0v) is 17.4. The lowest BCUT2D eigenvalue weighted by atomic mass is 9.85. The highest BCUT2D eigenvalue weighted by atomic mass is 16.5. The molecule has 0 fully saturated rings. The van der Waals surface area contributed by atoms with Crippen LogP contribution >= 0.6 is 0 Å². The lowest BCUT2D eigenvalue weighted by Crippen LogP contribution is -2.46. The van der Waals surface area contributed by atoms with E-state index in [1.165, 1.54) is 5.56 Å². The van der Waals surface area contributed by atoms with Crippen molar-refractivity contribution in [3.8, 4) is 5.75 Å². The molecule has 2 aromatic rings. The van der Waals surface area contributed by atoms with Gasteiger partial charge >= 0.3 is 6.03 Å². The summed E-state index contributed by atoms with van der Waals surface area (Å²) >= 11 is 0. The summed E-state index contributed by atoms with van der Waals surface area (Å²) in [5.74, 6) is 0.437. The molecule has 6 nitrogen and oxygen atoms in total. The molecule has 6 heteroatoms. The summed E-state index contributed by atoms with van der Waals surface area (Å²) in [6.07, 6.45) is 0. The van der Waals surface area contributed by atoms with Crippen molar-refractivity contribution in [3.63, 3.8) is 0 Å². The number of hydrogen-bond acceptors (Lipinski definition) is 3. The van der Waals surface area contributed by atoms with Crippen LogP contribution in [-0.2, 0) is 10.2 Å². The number of ether oxygens (including phenoxy) is 1. The summed E-state index contributed by atoms with van der Waals surface area (Å²) < 4.78 is 5.15. The summed E-state index contributed by atoms with van der Waals surface area (Å²) in [4.78, 5) is 25.1. The highest BCUT2D eigenvalue weighted by Crippen LogP contribution is 2.30. The van der Waals surface area contributed by atoms with Gasteiger partial charge in [0.15, 0.2) is 0 Å². The van der Waals surface area contributed by atoms with Gasteiger partial charge in [0.1, 0.15) is 5.75 Å². The number of carbonyl (C=O) groups is 2. The lowest BCUT2D eigenvalue weighted by Gasteiger charge is -2.29. The normalized spacial score (nSPS) is 16.7. The van der Waals surface area contributed by atoms with Crippen molar-refractivity contribution in [1.82, 2.24) is 10.6 Å². The van der Waals surface area contributed by atoms with Crippen molar-refractivity contribution in [2.45, 2.75) is 39.2 Å². The van der Waals surface area contributed by atoms with Crippen LogP contribution in [0.1, 0.15) is 44.9 Å². The highest BCUT2D eigenvalue weighted by Gasteiger charge is 2.31. The molecule has 0 aliphatic carbocycles. The second kappa shape index (κ2) is 7.99. The van der Waals surface area contributed by atoms with Gasteiger partial charge in [-0.05, 0) is 47.7 Å². The number of hydrogen-bond donors (Lipinski definition) is 3. The number of methoxy groups -OCH3 is 1. The van der Waals surface area contributed by atoms with Gasteiger partial charge in [0.2, 0.25) is 0 Å². The highest BCUT2D eigenvalue weighted by molar-refractivity contribution is 6.06. The number of rotatable bonds is 4. The molecule has 0 spiro atoms. The molecule has 3 amide bonds. The van der Waals surface area contributed by atoms with Crippen LogP contribution in [0.25, 0.3) is 0 Å². The Balaban J connectivity index is 1.89. The summed E-state index contributed by atoms with van der Waals surface area (Å²) in [5.41, 5.74) is 3.72. The van der Waals surface area contributed by atoms with E-state index in [2.05, 4.69) is 36.7 Å². The average molecular weight is 393 g/mol. The predicted molar refractivity (Wildman–Crippen MR) is 114 cm³/mol. The molecule has 2 aromatic carbocycles. The Bertz CT molecular complexity index is 939. The third kappa shape index (κ3) is 4.59. The maximum Gasteiger partial charge on any atom is 0.319 e. The number of amides is 3. The van der Waals surface area contributed by atoms with E-state index in [0.29, 0.717) is 22.7 Å². The molecule has 1 aliphatic heterocycles. The molecule has 0 saturated carbocycles. The smallest absolute Gasteiger partial charge is 0.319 e. The SMILES string of the molecule is COc1ccc(NC(=O)C2=C(C)NC(=O)N[C@@H]2c2ccc(C(C)(C)C)cc2)cc1. The molecular formula is C23H27N3O3. The van der Waals surface area contributed by atoms with Crippen molar-refractivity contribution < 1.29 is 14.3 Å². The number of allylic oxidation sites excluding steroid dienone is 1. The van der Waals surface area contributed by atoms with Gasteiger partial charge in [-0.2, -0.15) is 0 Å². The molecule has 1 heterocycles. The minimum absolute atomic E-state index is 0.0240. The van der Waals surface area contributed by atoms with E-state index in [1.54, 1.807) is 38.3 Å². The van der Waals surface area contributed by atoms with E-state index >= 15 is 0 Å². The molecule has 3 N–H and O–H groups in total. The Morgan fingerprint density at radius 3 is 2.21 bits per heavy atom. The van der Waals surface area contributed by atoms with Crippen LogP contribution in [0.4, 0.5) is 10.5 Å². The number of urea groups is 1. The van der Waals surface area contributed by atoms with E-state index in [1.807, 2.05) is 24.3 Å². The van der Waals surface area contributed by atoms with E-state index in [-0.39, 0.29) is 17.4 Å². The van der Waals surface area contributed by atoms with Gasteiger partial charge < -0.3 is 20.7 Å². The molecule has 3 rings (SSSR count). The number of carbonyl (C=O) groups excluding carboxylic acids is 2. The Kier molecular flexibility index (Phi) is 5.64. The van der Waals surface area contributed by atoms with Gasteiger partial charge in [0.25, 0.3) is 5.91 Å². The Morgan fingerprint density at radius 2 is 1.66 bits per heavy atom. The summed E-state index contributed by atoms with van der Waals surface area (Å²) in [7, 11) is 1.59. The number of nitrogens with one attached hydrogen (secondary N) is 3. The quantitative estimate of drug-likeness (QED) is 0.726. The van der Waals surface area contributed by atoms with Crippen LogP contribution < -0.4 is 20.7 Å². The minimum atomic E-state index is -0.531. The first-order chi connectivity index (χ1) is 13.7. The largest absolute Gasteiger partial charge is 0.497 e. The van der Waals surface area contributed by atoms with Crippen LogP contribution in [0.15, 0.2) is 59.8 Å². The van der Waals surface area contributed by atoms with Gasteiger partial charge in [-0.1, -0.05) is 45.0 Å². The van der Waals surface area contributed by atoms with Crippen LogP contribution in [0.3, 0.4) is 0 Å². The molecule has 1 atom stereocenters. The van der Waals surface area contributed by atoms with Gasteiger partial charge in [-0.25, -0.2) is 4.79 Å². The molecule has 0 bridgehead atoms. The number of anilines is 1. The predicted octanol–water partition coefficient (Wildman–Crippen LogP) is 4.26. The monoisotopic (exact) mass is 393 g/mol. The van der Waals surface area contributed by atoms with E-state index in [9.17, 15) is 9.59 Å². The zero-order chi connectivity index (χ0) is 21.2. The molecule has 1 aliphatic rings. The van der Waals surface area contributed by atoms with Crippen LogP contribution in [0.5, 0.6) is 5.75 Å². The molecule has 0 radical (unpaired) electrons. The van der Waals surface area contributed by atoms with Crippen LogP contribution in [0.2, 0.25) is 0 Å². The van der Waals surface area contributed by atoms with Gasteiger partial charge in [-0.15, -0.1) is 0 Å². The fourth-order valence-electron chi connectivity index (χ4n) is 3.29. The van der Waals surface area contributed by atoms with Crippen LogP contribution in [-0.4, -0.2) is 19.0 Å². The van der Waals surface area contributed by atoms with Crippen molar-refractivity contribution in [2.75, 3.05) is 12.4 Å². The first-order valence-electron chi connectivity index (χ1n) is 9.53. The first kappa shape index (κ1) is 20.5. The zero-order valence-electron chi connectivity index (χ0n) is 17.4. The Labute approximate surface area is 171 Å². The molecule has 0 unspecified atom stereocenters. The number of benzene rings is 2. The summed E-state index contributed by atoms with van der Waals surface area (Å²) in [6.45, 7) is 8.17. The van der Waals surface area contributed by atoms with Gasteiger partial charge in [-0.3, -0.25) is 4.79 Å². The molecule has 0 aromatic heterocycles. The lowest BCUT2D eigenvalue weighted by molar-refractivity contribution is -0.113. The molecule has 152 valence electrons. The maximum atomic E-state index is 13.1. The topological polar surface area (TPSA) is 79.5 Å². The average Bonchev–Trinajstić information content (AvgIpc) is 2.67. The second-order valence-electron chi connectivity index (χ2n) is 8.12. The molecule has 29 heavy (non-hydrogen) atoms. The Morgan fingerprint density at radius 1 is 1.03 bits per heavy atom. The fourth-order valence-corrected chi connectivity index (χ4v) is 3.29. The van der Waals surface area contributed by atoms with Crippen molar-refractivity contribution in [1.29, 1.82) is 0 Å². The molecule has 0 saturated heterocycles. The van der Waals surface area contributed by atoms with Crippen LogP contribution in [0, 0.1) is 0 Å². The van der Waals surface area contributed by atoms with E-state index in [0.717, 1.165) is 5.56 Å². The van der Waals surface area contributed by atoms with Gasteiger partial charge in [0.05, 0.1) is 18.7 Å². The second-order valence-corrected chi connectivity index (χ2v) is 8.12. The third-order valence-electron chi connectivity index (χ3n) is 4.97. The summed E-state index contributed by atoms with van der Waals surface area (Å²) in [6, 6.07) is 14.2. The first-order valence-corrected chi connectivity index (χ1v) is 9.53. The minimum Gasteiger partial charge on any atom is -0.497 e. The van der Waals surface area contributed by atoms with Crippen molar-refractivity contribution in [3.05, 3.63) is 70.9 Å². The fraction of sp³-hybridized carbons (Fsp3) is 0.304. The standard InChI is InChI=1S/C23H27N3O3/c1-14-19(21(27)25-17-10-12-18(29-5)13-11-17)20(26-22(28)24-14)15-6-8-16(9-7-15)23(2,3)4/h6-13,20H,1-5H3,(H,25,27)(H2,24,26,28)/t20-/m1/s1. The third-order valence-corrected chi connectivity index (χ3v) is 4.97. The Hall–Kier alpha value is -3.28. The van der Waals surface area contributed by atoms with E-state index < -0.39 is 6.04 Å². The van der Waals surface area contributed by atoms with Gasteiger partial charge in [0, 0.05) is 11.4 Å². The van der Waals surface area contributed by atoms with Crippen molar-refractivity contribution in [2.24, 2.45) is 0 Å². The maximum absolute atomic E-state index is 13.1.